The molecule has 0 rings (SSSR count). The molecule has 0 aromatic carbocycles. The first-order chi connectivity index (χ1) is 3.77. The molecule has 1 amide bonds. The van der Waals surface area contributed by atoms with Crippen molar-refractivity contribution in [1.82, 2.24) is 5.32 Å². The molecule has 9 heavy (non-hydrogen) atoms. The van der Waals surface area contributed by atoms with E-state index in [-0.39, 0.29) is 38.6 Å². The summed E-state index contributed by atoms with van der Waals surface area (Å²) in [5, 5.41) is 2.46. The molecule has 0 saturated carbocycles. The summed E-state index contributed by atoms with van der Waals surface area (Å²) in [5.41, 5.74) is 0. The molecule has 0 aromatic heterocycles. The van der Waals surface area contributed by atoms with Crippen molar-refractivity contribution in [3.8, 4) is 0 Å². The van der Waals surface area contributed by atoms with Crippen molar-refractivity contribution < 1.29 is 37.5 Å². The van der Waals surface area contributed by atoms with Gasteiger partial charge < -0.3 is 12.2 Å². The predicted octanol–water partition coefficient (Wildman–Crippen LogP) is 1.73. The average molecular weight is 429 g/mol. The van der Waals surface area contributed by atoms with Gasteiger partial charge in [-0.05, 0) is 0 Å². The molecule has 0 bridgehead atoms. The molecule has 0 saturated heterocycles. The molecule has 1 N–H and O–H groups in total. The van der Waals surface area contributed by atoms with Crippen molar-refractivity contribution in [1.29, 1.82) is 0 Å². The maximum absolute atomic E-state index is 9.89. The van der Waals surface area contributed by atoms with Gasteiger partial charge in [0.15, 0.2) is 0 Å². The van der Waals surface area contributed by atoms with Gasteiger partial charge in [-0.2, -0.15) is 0 Å². The zero-order chi connectivity index (χ0) is 6.99. The minimum absolute atomic E-state index is 0. The van der Waals surface area contributed by atoms with E-state index in [1.165, 1.54) is 6.92 Å². The van der Waals surface area contributed by atoms with Gasteiger partial charge in [-0.3, -0.25) is 4.79 Å². The second-order valence-electron chi connectivity index (χ2n) is 0.983. The van der Waals surface area contributed by atoms with Crippen LogP contribution in [0.1, 0.15) is 6.92 Å². The van der Waals surface area contributed by atoms with Gasteiger partial charge in [-0.25, -0.2) is 0 Å². The Morgan fingerprint density at radius 2 is 2.00 bits per heavy atom. The van der Waals surface area contributed by atoms with Crippen LogP contribution >= 0.6 is 37.2 Å². The Morgan fingerprint density at radius 1 is 1.67 bits per heavy atom. The zero-order valence-electron chi connectivity index (χ0n) is 5.16. The van der Waals surface area contributed by atoms with Crippen molar-refractivity contribution in [3.63, 3.8) is 0 Å². The van der Waals surface area contributed by atoms with E-state index in [2.05, 4.69) is 49.5 Å². The van der Waals surface area contributed by atoms with Gasteiger partial charge in [0.05, 0.1) is 0 Å². The summed E-state index contributed by atoms with van der Waals surface area (Å²) >= 11 is 4.24. The first kappa shape index (κ1) is 17.2. The third-order valence-corrected chi connectivity index (χ3v) is 0.374. The number of rotatable bonds is 1. The molecule has 0 aliphatic rings. The van der Waals surface area contributed by atoms with Crippen LogP contribution < -0.4 is 5.32 Å². The van der Waals surface area contributed by atoms with E-state index in [1.807, 2.05) is 0 Å². The first-order valence-corrected chi connectivity index (χ1v) is 8.24. The molecule has 0 spiro atoms. The molecule has 1 radical (unpaired) electrons. The molecule has 5 heteroatoms. The maximum atomic E-state index is 9.89. The predicted molar refractivity (Wildman–Crippen MR) is 52.1 cm³/mol. The van der Waals surface area contributed by atoms with Crippen LogP contribution in [-0.2, 0) is 37.5 Å². The third-order valence-electron chi connectivity index (χ3n) is 0.374. The second kappa shape index (κ2) is 16.6. The Hall–Kier alpha value is 2.03. The minimum atomic E-state index is -0.0231. The largest absolute Gasteiger partial charge is 0.386 e. The van der Waals surface area contributed by atoms with Gasteiger partial charge >= 0.3 is 0 Å². The number of carbonyl (C=O) groups is 1. The van der Waals surface area contributed by atoms with Crippen molar-refractivity contribution in [3.05, 3.63) is 6.92 Å². The van der Waals surface area contributed by atoms with Crippen LogP contribution in [0.3, 0.4) is 0 Å². The summed E-state index contributed by atoms with van der Waals surface area (Å²) in [5.74, 6) is -0.0231. The third kappa shape index (κ3) is 25.6. The van der Waals surface area contributed by atoms with Gasteiger partial charge in [-0.1, -0.05) is 0 Å². The fourth-order valence-corrected chi connectivity index (χ4v) is 0.176. The van der Waals surface area contributed by atoms with Crippen LogP contribution in [0.2, 0.25) is 0 Å². The molecule has 2 nitrogen and oxygen atoms in total. The molecule has 0 aliphatic heterocycles. The summed E-state index contributed by atoms with van der Waals surface area (Å²) in [4.78, 5) is 9.89. The average Bonchev–Trinajstić information content (AvgIpc) is 1.72. The van der Waals surface area contributed by atoms with E-state index in [0.29, 0.717) is 6.54 Å². The molecule has 0 heterocycles. The monoisotopic (exact) mass is 429 g/mol. The molecule has 0 atom stereocenters. The number of nitrogens with one attached hydrogen (secondary N) is 1. The Labute approximate surface area is 104 Å². The van der Waals surface area contributed by atoms with E-state index in [0.717, 1.165) is 0 Å². The van der Waals surface area contributed by atoms with Crippen LogP contribution in [0, 0.1) is 6.92 Å². The number of hydrogen-bond acceptors (Lipinski definition) is 1. The Balaban J connectivity index is -0.000000109. The summed E-state index contributed by atoms with van der Waals surface area (Å²) in [6.45, 7) is 5.34. The Morgan fingerprint density at radius 3 is 2.00 bits per heavy atom. The topological polar surface area (TPSA) is 29.1 Å². The molecule has 0 aromatic rings. The summed E-state index contributed by atoms with van der Waals surface area (Å²) in [6, 6.07) is 0. The van der Waals surface area contributed by atoms with Crippen LogP contribution in [0.15, 0.2) is 0 Å². The van der Waals surface area contributed by atoms with Gasteiger partial charge in [-0.15, -0.1) is 6.54 Å². The molecule has 0 unspecified atom stereocenters. The smallest absolute Gasteiger partial charge is 0.214 e. The van der Waals surface area contributed by atoms with E-state index < -0.39 is 0 Å². The summed E-state index contributed by atoms with van der Waals surface area (Å²) < 4.78 is 0. The number of carbonyl (C=O) groups excluding carboxylic acids is 1. The van der Waals surface area contributed by atoms with Gasteiger partial charge in [0, 0.05) is 76.9 Å². The van der Waals surface area contributed by atoms with Crippen LogP contribution in [0.25, 0.3) is 0 Å². The number of amides is 1. The van der Waals surface area contributed by atoms with Crippen molar-refractivity contribution in [2.45, 2.75) is 6.92 Å². The van der Waals surface area contributed by atoms with Crippen molar-refractivity contribution in [2.75, 3.05) is 6.54 Å². The SMILES string of the molecule is II.[CH2-]CNC(C)=O.[Y]. The summed E-state index contributed by atoms with van der Waals surface area (Å²) in [6.07, 6.45) is 0. The normalized spacial score (nSPS) is 5.78. The van der Waals surface area contributed by atoms with Gasteiger partial charge in [0.1, 0.15) is 0 Å². The van der Waals surface area contributed by atoms with Crippen LogP contribution in [0.5, 0.6) is 0 Å². The van der Waals surface area contributed by atoms with Crippen LogP contribution in [0.4, 0.5) is 0 Å². The van der Waals surface area contributed by atoms with Crippen molar-refractivity contribution in [2.24, 2.45) is 0 Å². The standard InChI is InChI=1S/C4H8NO.I2.Y/c1-3-5-4(2)6;1-2;/h1,3H2,2H3,(H,5,6);;/q-1;;. The maximum Gasteiger partial charge on any atom is 0.214 e. The fraction of sp³-hybridized carbons (Fsp3) is 0.500. The fourth-order valence-electron chi connectivity index (χ4n) is 0.176. The molecular weight excluding hydrogens is 421 g/mol. The van der Waals surface area contributed by atoms with Crippen molar-refractivity contribution >= 4 is 43.1 Å². The van der Waals surface area contributed by atoms with E-state index in [1.54, 1.807) is 0 Å². The molecular formula is C4H8I2NOY-. The molecule has 53 valence electrons. The minimum Gasteiger partial charge on any atom is -0.386 e. The Kier molecular flexibility index (Phi) is 31.7. The Bertz CT molecular complexity index is 62.5. The zero-order valence-corrected chi connectivity index (χ0v) is 12.3. The second-order valence-corrected chi connectivity index (χ2v) is 0.983. The van der Waals surface area contributed by atoms with Gasteiger partial charge in [0.25, 0.3) is 0 Å². The van der Waals surface area contributed by atoms with E-state index in [4.69, 9.17) is 0 Å². The number of halogens is 2. The molecule has 0 fully saturated rings. The molecule has 0 aliphatic carbocycles. The number of hydrogen-bond donors (Lipinski definition) is 1. The quantitative estimate of drug-likeness (QED) is 0.500. The first-order valence-electron chi connectivity index (χ1n) is 1.95. The van der Waals surface area contributed by atoms with Gasteiger partial charge in [0.2, 0.25) is 5.91 Å². The summed E-state index contributed by atoms with van der Waals surface area (Å²) in [7, 11) is 0. The van der Waals surface area contributed by atoms with Crippen LogP contribution in [-0.4, -0.2) is 12.5 Å². The van der Waals surface area contributed by atoms with E-state index >= 15 is 0 Å². The van der Waals surface area contributed by atoms with E-state index in [9.17, 15) is 4.79 Å².